The maximum atomic E-state index is 12.4. The quantitative estimate of drug-likeness (QED) is 0.898. The van der Waals surface area contributed by atoms with E-state index in [0.717, 1.165) is 11.3 Å². The van der Waals surface area contributed by atoms with Gasteiger partial charge in [0.2, 0.25) is 11.8 Å². The molecule has 1 aromatic rings. The van der Waals surface area contributed by atoms with E-state index >= 15 is 0 Å². The molecule has 1 aromatic carbocycles. The summed E-state index contributed by atoms with van der Waals surface area (Å²) in [6.45, 7) is 4.39. The van der Waals surface area contributed by atoms with Crippen molar-refractivity contribution in [1.82, 2.24) is 10.2 Å². The third kappa shape index (κ3) is 3.10. The van der Waals surface area contributed by atoms with Crippen LogP contribution in [0.1, 0.15) is 19.4 Å². The largest absolute Gasteiger partial charge is 0.497 e. The molecular weight excluding hydrogens is 256 g/mol. The van der Waals surface area contributed by atoms with Gasteiger partial charge in [0.15, 0.2) is 0 Å². The Bertz CT molecular complexity index is 514. The molecule has 0 radical (unpaired) electrons. The molecule has 0 aliphatic carbocycles. The molecule has 2 amide bonds. The van der Waals surface area contributed by atoms with Crippen LogP contribution in [0.25, 0.3) is 0 Å². The highest BCUT2D eigenvalue weighted by Crippen LogP contribution is 2.17. The number of hydrogen-bond donors (Lipinski definition) is 1. The lowest BCUT2D eigenvalue weighted by atomic mass is 10.0. The van der Waals surface area contributed by atoms with Crippen LogP contribution >= 0.6 is 0 Å². The number of piperazine rings is 1. The van der Waals surface area contributed by atoms with Gasteiger partial charge in [-0.25, -0.2) is 0 Å². The number of hydrogen-bond acceptors (Lipinski definition) is 3. The van der Waals surface area contributed by atoms with Crippen LogP contribution in [0.3, 0.4) is 0 Å². The van der Waals surface area contributed by atoms with Gasteiger partial charge in [-0.3, -0.25) is 9.59 Å². The monoisotopic (exact) mass is 276 g/mol. The average molecular weight is 276 g/mol. The number of rotatable bonds is 4. The summed E-state index contributed by atoms with van der Waals surface area (Å²) in [5, 5.41) is 2.75. The molecule has 1 saturated heterocycles. The van der Waals surface area contributed by atoms with Crippen LogP contribution in [-0.4, -0.2) is 36.4 Å². The van der Waals surface area contributed by atoms with Crippen molar-refractivity contribution in [2.45, 2.75) is 26.4 Å². The van der Waals surface area contributed by atoms with Crippen molar-refractivity contribution < 1.29 is 14.3 Å². The number of methoxy groups -OCH3 is 1. The van der Waals surface area contributed by atoms with Crippen LogP contribution in [-0.2, 0) is 16.1 Å². The normalized spacial score (nSPS) is 19.2. The van der Waals surface area contributed by atoms with Crippen molar-refractivity contribution in [1.29, 1.82) is 0 Å². The van der Waals surface area contributed by atoms with Gasteiger partial charge in [-0.05, 0) is 23.6 Å². The summed E-state index contributed by atoms with van der Waals surface area (Å²) in [4.78, 5) is 25.7. The Morgan fingerprint density at radius 1 is 1.40 bits per heavy atom. The van der Waals surface area contributed by atoms with Gasteiger partial charge in [0, 0.05) is 6.54 Å². The van der Waals surface area contributed by atoms with Crippen LogP contribution in [0.5, 0.6) is 5.75 Å². The van der Waals surface area contributed by atoms with Crippen molar-refractivity contribution in [3.05, 3.63) is 29.8 Å². The average Bonchev–Trinajstić information content (AvgIpc) is 2.42. The summed E-state index contributed by atoms with van der Waals surface area (Å²) in [5.74, 6) is 0.699. The Labute approximate surface area is 118 Å². The van der Waals surface area contributed by atoms with E-state index in [0.29, 0.717) is 6.54 Å². The molecule has 1 aliphatic heterocycles. The first-order valence-electron chi connectivity index (χ1n) is 6.72. The third-order valence-electron chi connectivity index (χ3n) is 3.40. The zero-order valence-electron chi connectivity index (χ0n) is 12.1. The van der Waals surface area contributed by atoms with Crippen LogP contribution in [0, 0.1) is 5.92 Å². The minimum absolute atomic E-state index is 0.0255. The minimum Gasteiger partial charge on any atom is -0.497 e. The van der Waals surface area contributed by atoms with Gasteiger partial charge >= 0.3 is 0 Å². The SMILES string of the molecule is COc1cccc(CN2CC(=O)NC(C(C)C)C2=O)c1. The zero-order chi connectivity index (χ0) is 14.7. The second-order valence-corrected chi connectivity index (χ2v) is 5.34. The summed E-state index contributed by atoms with van der Waals surface area (Å²) in [7, 11) is 1.60. The van der Waals surface area contributed by atoms with Crippen LogP contribution < -0.4 is 10.1 Å². The van der Waals surface area contributed by atoms with Crippen LogP contribution in [0.15, 0.2) is 24.3 Å². The minimum atomic E-state index is -0.429. The van der Waals surface area contributed by atoms with Gasteiger partial charge < -0.3 is 15.0 Å². The maximum absolute atomic E-state index is 12.4. The molecule has 0 spiro atoms. The van der Waals surface area contributed by atoms with E-state index in [2.05, 4.69) is 5.32 Å². The Morgan fingerprint density at radius 2 is 2.15 bits per heavy atom. The molecule has 5 nitrogen and oxygen atoms in total. The van der Waals surface area contributed by atoms with E-state index in [1.54, 1.807) is 12.0 Å². The van der Waals surface area contributed by atoms with Gasteiger partial charge in [-0.1, -0.05) is 26.0 Å². The first kappa shape index (κ1) is 14.4. The lowest BCUT2D eigenvalue weighted by molar-refractivity contribution is -0.146. The summed E-state index contributed by atoms with van der Waals surface area (Å²) >= 11 is 0. The number of benzene rings is 1. The van der Waals surface area contributed by atoms with Gasteiger partial charge in [0.05, 0.1) is 13.7 Å². The van der Waals surface area contributed by atoms with Crippen molar-refractivity contribution in [2.24, 2.45) is 5.92 Å². The molecule has 5 heteroatoms. The maximum Gasteiger partial charge on any atom is 0.246 e. The van der Waals surface area contributed by atoms with Crippen molar-refractivity contribution in [3.63, 3.8) is 0 Å². The van der Waals surface area contributed by atoms with E-state index in [1.165, 1.54) is 0 Å². The van der Waals surface area contributed by atoms with E-state index in [9.17, 15) is 9.59 Å². The molecule has 2 rings (SSSR count). The molecule has 1 aliphatic rings. The molecule has 0 aromatic heterocycles. The molecule has 1 heterocycles. The molecule has 1 N–H and O–H groups in total. The highest BCUT2D eigenvalue weighted by molar-refractivity contribution is 5.94. The van der Waals surface area contributed by atoms with Crippen molar-refractivity contribution in [2.75, 3.05) is 13.7 Å². The lowest BCUT2D eigenvalue weighted by Crippen LogP contribution is -2.59. The standard InChI is InChI=1S/C15H20N2O3/c1-10(2)14-15(19)17(9-13(18)16-14)8-11-5-4-6-12(7-11)20-3/h4-7,10,14H,8-9H2,1-3H3,(H,16,18). The topological polar surface area (TPSA) is 58.6 Å². The van der Waals surface area contributed by atoms with Crippen molar-refractivity contribution >= 4 is 11.8 Å². The van der Waals surface area contributed by atoms with Crippen molar-refractivity contribution in [3.8, 4) is 5.75 Å². The highest BCUT2D eigenvalue weighted by Gasteiger charge is 2.34. The Morgan fingerprint density at radius 3 is 2.80 bits per heavy atom. The van der Waals surface area contributed by atoms with Gasteiger partial charge in [0.25, 0.3) is 0 Å². The summed E-state index contributed by atoms with van der Waals surface area (Å²) < 4.78 is 5.17. The first-order valence-corrected chi connectivity index (χ1v) is 6.72. The Hall–Kier alpha value is -2.04. The van der Waals surface area contributed by atoms with Crippen LogP contribution in [0.2, 0.25) is 0 Å². The number of nitrogens with one attached hydrogen (secondary N) is 1. The second kappa shape index (κ2) is 5.94. The number of nitrogens with zero attached hydrogens (tertiary/aromatic N) is 1. The number of ether oxygens (including phenoxy) is 1. The smallest absolute Gasteiger partial charge is 0.246 e. The van der Waals surface area contributed by atoms with Gasteiger partial charge in [0.1, 0.15) is 11.8 Å². The fourth-order valence-electron chi connectivity index (χ4n) is 2.31. The Balaban J connectivity index is 2.14. The molecule has 1 atom stereocenters. The fourth-order valence-corrected chi connectivity index (χ4v) is 2.31. The number of carbonyl (C=O) groups is 2. The highest BCUT2D eigenvalue weighted by atomic mass is 16.5. The Kier molecular flexibility index (Phi) is 4.27. The van der Waals surface area contributed by atoms with Gasteiger partial charge in [-0.2, -0.15) is 0 Å². The van der Waals surface area contributed by atoms with Crippen LogP contribution in [0.4, 0.5) is 0 Å². The molecular formula is C15H20N2O3. The number of amides is 2. The number of carbonyl (C=O) groups excluding carboxylic acids is 2. The predicted octanol–water partition coefficient (Wildman–Crippen LogP) is 1.18. The van der Waals surface area contributed by atoms with E-state index in [-0.39, 0.29) is 24.3 Å². The summed E-state index contributed by atoms with van der Waals surface area (Å²) in [6, 6.07) is 7.10. The second-order valence-electron chi connectivity index (χ2n) is 5.34. The molecule has 20 heavy (non-hydrogen) atoms. The summed E-state index contributed by atoms with van der Waals surface area (Å²) in [5.41, 5.74) is 0.954. The molecule has 1 fully saturated rings. The fraction of sp³-hybridized carbons (Fsp3) is 0.467. The van der Waals surface area contributed by atoms with E-state index < -0.39 is 6.04 Å². The third-order valence-corrected chi connectivity index (χ3v) is 3.40. The van der Waals surface area contributed by atoms with E-state index in [1.807, 2.05) is 38.1 Å². The first-order chi connectivity index (χ1) is 9.51. The predicted molar refractivity (Wildman–Crippen MR) is 75.2 cm³/mol. The molecule has 0 bridgehead atoms. The van der Waals surface area contributed by atoms with Gasteiger partial charge in [-0.15, -0.1) is 0 Å². The summed E-state index contributed by atoms with van der Waals surface area (Å²) in [6.07, 6.45) is 0. The lowest BCUT2D eigenvalue weighted by Gasteiger charge is -2.34. The molecule has 108 valence electrons. The zero-order valence-corrected chi connectivity index (χ0v) is 12.1. The molecule has 0 saturated carbocycles. The molecule has 1 unspecified atom stereocenters. The van der Waals surface area contributed by atoms with E-state index in [4.69, 9.17) is 4.74 Å².